The van der Waals surface area contributed by atoms with Gasteiger partial charge in [-0.1, -0.05) is 0 Å². The molecule has 1 fully saturated rings. The molecule has 104 valence electrons. The lowest BCUT2D eigenvalue weighted by Gasteiger charge is -2.21. The van der Waals surface area contributed by atoms with Gasteiger partial charge < -0.3 is 15.4 Å². The lowest BCUT2D eigenvalue weighted by molar-refractivity contribution is -0.139. The fraction of sp³-hybridized carbons (Fsp3) is 0.571. The van der Waals surface area contributed by atoms with Crippen molar-refractivity contribution in [3.05, 3.63) is 24.5 Å². The lowest BCUT2D eigenvalue weighted by atomic mass is 10.0. The van der Waals surface area contributed by atoms with Crippen molar-refractivity contribution in [2.24, 2.45) is 0 Å². The number of rotatable bonds is 6. The molecule has 0 spiro atoms. The second kappa shape index (κ2) is 6.52. The third-order valence-electron chi connectivity index (χ3n) is 3.33. The van der Waals surface area contributed by atoms with Crippen LogP contribution in [0.25, 0.3) is 0 Å². The van der Waals surface area contributed by atoms with Crippen LogP contribution in [0.15, 0.2) is 24.5 Å². The van der Waals surface area contributed by atoms with Crippen LogP contribution < -0.4 is 10.6 Å². The first-order valence-corrected chi connectivity index (χ1v) is 6.77. The molecule has 0 bridgehead atoms. The zero-order chi connectivity index (χ0) is 13.6. The number of carbonyl (C=O) groups is 1. The van der Waals surface area contributed by atoms with E-state index in [4.69, 9.17) is 4.74 Å². The largest absolute Gasteiger partial charge is 0.384 e. The Bertz CT molecular complexity index is 402. The van der Waals surface area contributed by atoms with Crippen molar-refractivity contribution < 1.29 is 9.53 Å². The topological polar surface area (TPSA) is 63.2 Å². The van der Waals surface area contributed by atoms with Crippen LogP contribution in [0.2, 0.25) is 0 Å². The molecule has 1 saturated heterocycles. The van der Waals surface area contributed by atoms with Crippen LogP contribution in [-0.4, -0.2) is 36.2 Å². The van der Waals surface area contributed by atoms with Gasteiger partial charge in [-0.25, -0.2) is 0 Å². The van der Waals surface area contributed by atoms with E-state index in [9.17, 15) is 4.79 Å². The molecule has 1 aromatic heterocycles. The van der Waals surface area contributed by atoms with E-state index in [-0.39, 0.29) is 5.91 Å². The summed E-state index contributed by atoms with van der Waals surface area (Å²) in [5.74, 6) is 0.00591. The number of hydrogen-bond acceptors (Lipinski definition) is 4. The first kappa shape index (κ1) is 13.8. The molecule has 19 heavy (non-hydrogen) atoms. The molecular formula is C14H21N3O2. The predicted molar refractivity (Wildman–Crippen MR) is 73.9 cm³/mol. The van der Waals surface area contributed by atoms with E-state index in [1.807, 2.05) is 19.1 Å². The van der Waals surface area contributed by atoms with Gasteiger partial charge in [-0.3, -0.25) is 9.78 Å². The summed E-state index contributed by atoms with van der Waals surface area (Å²) in [6, 6.07) is 3.86. The normalized spacial score (nSPS) is 22.2. The summed E-state index contributed by atoms with van der Waals surface area (Å²) in [5, 5.41) is 6.18. The Hall–Kier alpha value is -1.62. The van der Waals surface area contributed by atoms with Crippen molar-refractivity contribution >= 4 is 11.6 Å². The lowest BCUT2D eigenvalue weighted by Crippen LogP contribution is -2.44. The van der Waals surface area contributed by atoms with Crippen molar-refractivity contribution in [2.45, 2.75) is 31.8 Å². The fourth-order valence-electron chi connectivity index (χ4n) is 2.14. The third kappa shape index (κ3) is 3.92. The molecule has 2 heterocycles. The minimum atomic E-state index is -0.614. The molecule has 0 saturated carbocycles. The van der Waals surface area contributed by atoms with Crippen molar-refractivity contribution in [1.29, 1.82) is 0 Å². The molecule has 1 atom stereocenters. The van der Waals surface area contributed by atoms with Gasteiger partial charge in [-0.15, -0.1) is 0 Å². The van der Waals surface area contributed by atoms with Crippen molar-refractivity contribution in [3.8, 4) is 0 Å². The van der Waals surface area contributed by atoms with E-state index >= 15 is 0 Å². The van der Waals surface area contributed by atoms with E-state index in [1.165, 1.54) is 0 Å². The highest BCUT2D eigenvalue weighted by molar-refractivity contribution is 5.84. The minimum absolute atomic E-state index is 0.00591. The zero-order valence-electron chi connectivity index (χ0n) is 11.3. The van der Waals surface area contributed by atoms with Crippen LogP contribution in [-0.2, 0) is 9.53 Å². The molecule has 0 aliphatic carbocycles. The Kier molecular flexibility index (Phi) is 4.74. The molecule has 1 aliphatic heterocycles. The number of pyridine rings is 1. The number of anilines is 1. The van der Waals surface area contributed by atoms with Gasteiger partial charge in [-0.2, -0.15) is 0 Å². The van der Waals surface area contributed by atoms with E-state index < -0.39 is 5.60 Å². The maximum Gasteiger partial charge on any atom is 0.251 e. The molecule has 0 unspecified atom stereocenters. The van der Waals surface area contributed by atoms with E-state index in [0.717, 1.165) is 31.5 Å². The average Bonchev–Trinajstić information content (AvgIpc) is 2.88. The molecule has 5 nitrogen and oxygen atoms in total. The smallest absolute Gasteiger partial charge is 0.251 e. The van der Waals surface area contributed by atoms with Gasteiger partial charge in [0.25, 0.3) is 5.91 Å². The second-order valence-electron chi connectivity index (χ2n) is 4.96. The van der Waals surface area contributed by atoms with Gasteiger partial charge in [0.1, 0.15) is 5.60 Å². The molecule has 2 rings (SSSR count). The van der Waals surface area contributed by atoms with Gasteiger partial charge >= 0.3 is 0 Å². The zero-order valence-corrected chi connectivity index (χ0v) is 11.3. The monoisotopic (exact) mass is 263 g/mol. The minimum Gasteiger partial charge on any atom is -0.384 e. The standard InChI is InChI=1S/C14H21N3O2/c1-14(6-3-10-19-14)13(18)17-9-4-8-16-12-5-2-7-15-11-12/h2,5,7,11,16H,3-4,6,8-10H2,1H3,(H,17,18)/t14-/m1/s1. The van der Waals surface area contributed by atoms with E-state index in [0.29, 0.717) is 13.2 Å². The second-order valence-corrected chi connectivity index (χ2v) is 4.96. The van der Waals surface area contributed by atoms with Crippen LogP contribution in [0.1, 0.15) is 26.2 Å². The highest BCUT2D eigenvalue weighted by Gasteiger charge is 2.37. The Morgan fingerprint density at radius 2 is 2.42 bits per heavy atom. The molecule has 1 amide bonds. The highest BCUT2D eigenvalue weighted by Crippen LogP contribution is 2.24. The van der Waals surface area contributed by atoms with Crippen LogP contribution >= 0.6 is 0 Å². The molecule has 0 aromatic carbocycles. The predicted octanol–water partition coefficient (Wildman–Crippen LogP) is 1.57. The molecule has 1 aromatic rings. The number of hydrogen-bond donors (Lipinski definition) is 2. The average molecular weight is 263 g/mol. The molecular weight excluding hydrogens is 242 g/mol. The number of amides is 1. The Balaban J connectivity index is 1.60. The molecule has 5 heteroatoms. The SMILES string of the molecule is C[C@]1(C(=O)NCCCNc2cccnc2)CCCO1. The highest BCUT2D eigenvalue weighted by atomic mass is 16.5. The first-order valence-electron chi connectivity index (χ1n) is 6.77. The quantitative estimate of drug-likeness (QED) is 0.765. The van der Waals surface area contributed by atoms with Crippen molar-refractivity contribution in [1.82, 2.24) is 10.3 Å². The van der Waals surface area contributed by atoms with Gasteiger partial charge in [0, 0.05) is 32.1 Å². The van der Waals surface area contributed by atoms with Crippen LogP contribution in [0, 0.1) is 0 Å². The summed E-state index contributed by atoms with van der Waals surface area (Å²) in [4.78, 5) is 16.0. The summed E-state index contributed by atoms with van der Waals surface area (Å²) in [5.41, 5.74) is 0.386. The van der Waals surface area contributed by atoms with Crippen LogP contribution in [0.5, 0.6) is 0 Å². The Labute approximate surface area is 113 Å². The summed E-state index contributed by atoms with van der Waals surface area (Å²) in [7, 11) is 0. The molecule has 1 aliphatic rings. The molecule has 0 radical (unpaired) electrons. The van der Waals surface area contributed by atoms with Gasteiger partial charge in [0.2, 0.25) is 0 Å². The number of carbonyl (C=O) groups excluding carboxylic acids is 1. The number of nitrogens with zero attached hydrogens (tertiary/aromatic N) is 1. The number of aromatic nitrogens is 1. The van der Waals surface area contributed by atoms with Crippen LogP contribution in [0.3, 0.4) is 0 Å². The Morgan fingerprint density at radius 1 is 1.53 bits per heavy atom. The fourth-order valence-corrected chi connectivity index (χ4v) is 2.14. The maximum absolute atomic E-state index is 11.9. The van der Waals surface area contributed by atoms with E-state index in [2.05, 4.69) is 15.6 Å². The third-order valence-corrected chi connectivity index (χ3v) is 3.33. The summed E-state index contributed by atoms with van der Waals surface area (Å²) in [6.07, 6.45) is 6.18. The summed E-state index contributed by atoms with van der Waals surface area (Å²) >= 11 is 0. The first-order chi connectivity index (χ1) is 9.21. The number of ether oxygens (including phenoxy) is 1. The van der Waals surface area contributed by atoms with Gasteiger partial charge in [-0.05, 0) is 38.3 Å². The van der Waals surface area contributed by atoms with E-state index in [1.54, 1.807) is 12.4 Å². The summed E-state index contributed by atoms with van der Waals surface area (Å²) < 4.78 is 5.49. The molecule has 2 N–H and O–H groups in total. The van der Waals surface area contributed by atoms with Gasteiger partial charge in [0.15, 0.2) is 0 Å². The summed E-state index contributed by atoms with van der Waals surface area (Å²) in [6.45, 7) is 4.02. The number of nitrogens with one attached hydrogen (secondary N) is 2. The van der Waals surface area contributed by atoms with Crippen molar-refractivity contribution in [3.63, 3.8) is 0 Å². The Morgan fingerprint density at radius 3 is 3.11 bits per heavy atom. The van der Waals surface area contributed by atoms with Gasteiger partial charge in [0.05, 0.1) is 5.69 Å². The van der Waals surface area contributed by atoms with Crippen molar-refractivity contribution in [2.75, 3.05) is 25.0 Å². The maximum atomic E-state index is 11.9. The van der Waals surface area contributed by atoms with Crippen LogP contribution in [0.4, 0.5) is 5.69 Å².